The molecule has 3 rings (SSSR count). The molecule has 2 unspecified atom stereocenters. The maximum absolute atomic E-state index is 13.1. The quantitative estimate of drug-likeness (QED) is 0.451. The topological polar surface area (TPSA) is 42.7 Å². The van der Waals surface area contributed by atoms with Gasteiger partial charge in [0.15, 0.2) is 5.69 Å². The van der Waals surface area contributed by atoms with E-state index < -0.39 is 5.97 Å². The zero-order chi connectivity index (χ0) is 21.0. The molecule has 0 saturated carbocycles. The Morgan fingerprint density at radius 3 is 2.69 bits per heavy atom. The molecule has 6 heteroatoms. The predicted molar refractivity (Wildman–Crippen MR) is 116 cm³/mol. The fraction of sp³-hybridized carbons (Fsp3) is 0.391. The Kier molecular flexibility index (Phi) is 6.49. The smallest absolute Gasteiger partial charge is 0.338 e. The molecule has 1 aliphatic heterocycles. The highest BCUT2D eigenvalue weighted by atomic mass is 32.2. The summed E-state index contributed by atoms with van der Waals surface area (Å²) in [6.45, 7) is 13.8. The lowest BCUT2D eigenvalue weighted by atomic mass is 9.79. The summed E-state index contributed by atoms with van der Waals surface area (Å²) < 4.78 is 18.6. The SMILES string of the molecule is [C-]#[N+]c1ccc2c(c1)C(SCC)CC(C(C)(C)COC(=O)c1ccc(F)cc1)N2. The van der Waals surface area contributed by atoms with E-state index in [9.17, 15) is 9.18 Å². The Balaban J connectivity index is 1.73. The number of carbonyl (C=O) groups excluding carboxylic acids is 1. The predicted octanol–water partition coefficient (Wildman–Crippen LogP) is 6.24. The number of anilines is 1. The van der Waals surface area contributed by atoms with Gasteiger partial charge in [0.05, 0.1) is 18.7 Å². The molecule has 0 fully saturated rings. The summed E-state index contributed by atoms with van der Waals surface area (Å²) >= 11 is 1.87. The number of esters is 1. The Morgan fingerprint density at radius 2 is 2.03 bits per heavy atom. The summed E-state index contributed by atoms with van der Waals surface area (Å²) in [4.78, 5) is 15.9. The van der Waals surface area contributed by atoms with E-state index in [0.29, 0.717) is 11.3 Å². The van der Waals surface area contributed by atoms with Gasteiger partial charge in [0, 0.05) is 22.4 Å². The van der Waals surface area contributed by atoms with E-state index in [4.69, 9.17) is 11.3 Å². The van der Waals surface area contributed by atoms with Gasteiger partial charge in [-0.25, -0.2) is 14.0 Å². The molecule has 0 aromatic heterocycles. The van der Waals surface area contributed by atoms with Crippen molar-refractivity contribution in [3.8, 4) is 0 Å². The van der Waals surface area contributed by atoms with Crippen LogP contribution >= 0.6 is 11.8 Å². The maximum atomic E-state index is 13.1. The van der Waals surface area contributed by atoms with Gasteiger partial charge in [0.2, 0.25) is 0 Å². The van der Waals surface area contributed by atoms with Crippen molar-refractivity contribution < 1.29 is 13.9 Å². The third kappa shape index (κ3) is 4.91. The maximum Gasteiger partial charge on any atom is 0.338 e. The van der Waals surface area contributed by atoms with Crippen LogP contribution in [0.5, 0.6) is 0 Å². The number of thioether (sulfide) groups is 1. The van der Waals surface area contributed by atoms with E-state index in [1.54, 1.807) is 0 Å². The monoisotopic (exact) mass is 412 g/mol. The van der Waals surface area contributed by atoms with Crippen molar-refractivity contribution in [1.29, 1.82) is 0 Å². The number of nitrogens with zero attached hydrogens (tertiary/aromatic N) is 1. The van der Waals surface area contributed by atoms with Gasteiger partial charge in [-0.2, -0.15) is 11.8 Å². The molecule has 29 heavy (non-hydrogen) atoms. The van der Waals surface area contributed by atoms with Gasteiger partial charge in [-0.15, -0.1) is 0 Å². The fourth-order valence-electron chi connectivity index (χ4n) is 3.50. The van der Waals surface area contributed by atoms with Crippen LogP contribution in [0.25, 0.3) is 4.85 Å². The minimum atomic E-state index is -0.449. The van der Waals surface area contributed by atoms with E-state index in [2.05, 4.69) is 30.9 Å². The number of carbonyl (C=O) groups is 1. The van der Waals surface area contributed by atoms with E-state index in [0.717, 1.165) is 17.9 Å². The van der Waals surface area contributed by atoms with Crippen molar-refractivity contribution in [2.75, 3.05) is 17.7 Å². The highest BCUT2D eigenvalue weighted by molar-refractivity contribution is 7.99. The highest BCUT2D eigenvalue weighted by Gasteiger charge is 2.37. The number of benzene rings is 2. The van der Waals surface area contributed by atoms with Gasteiger partial charge in [-0.1, -0.05) is 32.9 Å². The Hall–Kier alpha value is -2.52. The molecule has 1 heterocycles. The molecule has 0 saturated heterocycles. The van der Waals surface area contributed by atoms with Crippen LogP contribution in [0.15, 0.2) is 42.5 Å². The highest BCUT2D eigenvalue weighted by Crippen LogP contribution is 2.46. The molecule has 0 spiro atoms. The molecule has 0 aliphatic carbocycles. The third-order valence-corrected chi connectivity index (χ3v) is 6.44. The van der Waals surface area contributed by atoms with Gasteiger partial charge >= 0.3 is 5.97 Å². The largest absolute Gasteiger partial charge is 0.461 e. The first-order valence-electron chi connectivity index (χ1n) is 9.66. The number of hydrogen-bond acceptors (Lipinski definition) is 4. The lowest BCUT2D eigenvalue weighted by Crippen LogP contribution is -2.43. The molecule has 1 aliphatic rings. The van der Waals surface area contributed by atoms with Crippen molar-refractivity contribution in [2.45, 2.75) is 38.5 Å². The lowest BCUT2D eigenvalue weighted by molar-refractivity contribution is 0.0302. The Bertz CT molecular complexity index is 921. The number of nitrogens with one attached hydrogen (secondary N) is 1. The van der Waals surface area contributed by atoms with E-state index in [1.807, 2.05) is 30.0 Å². The number of hydrogen-bond donors (Lipinski definition) is 1. The molecule has 0 amide bonds. The lowest BCUT2D eigenvalue weighted by Gasteiger charge is -2.41. The van der Waals surface area contributed by atoms with Crippen molar-refractivity contribution in [3.63, 3.8) is 0 Å². The fourth-order valence-corrected chi connectivity index (χ4v) is 4.61. The van der Waals surface area contributed by atoms with Gasteiger partial charge in [-0.3, -0.25) is 0 Å². The van der Waals surface area contributed by atoms with Crippen LogP contribution < -0.4 is 5.32 Å². The molecule has 2 aromatic carbocycles. The first-order chi connectivity index (χ1) is 13.8. The summed E-state index contributed by atoms with van der Waals surface area (Å²) in [6.07, 6.45) is 0.883. The van der Waals surface area contributed by atoms with Crippen molar-refractivity contribution in [2.24, 2.45) is 5.41 Å². The number of rotatable bonds is 6. The molecule has 2 aromatic rings. The van der Waals surface area contributed by atoms with Crippen molar-refractivity contribution in [1.82, 2.24) is 0 Å². The average molecular weight is 413 g/mol. The Labute approximate surface area is 175 Å². The number of ether oxygens (including phenoxy) is 1. The van der Waals surface area contributed by atoms with Crippen LogP contribution in [0.2, 0.25) is 0 Å². The average Bonchev–Trinajstić information content (AvgIpc) is 2.72. The summed E-state index contributed by atoms with van der Waals surface area (Å²) in [5.41, 5.74) is 2.89. The zero-order valence-electron chi connectivity index (χ0n) is 16.9. The van der Waals surface area contributed by atoms with E-state index >= 15 is 0 Å². The van der Waals surface area contributed by atoms with Crippen LogP contribution in [0.3, 0.4) is 0 Å². The summed E-state index contributed by atoms with van der Waals surface area (Å²) in [6, 6.07) is 11.3. The summed E-state index contributed by atoms with van der Waals surface area (Å²) in [7, 11) is 0. The number of halogens is 1. The van der Waals surface area contributed by atoms with E-state index in [1.165, 1.54) is 29.8 Å². The molecular weight excluding hydrogens is 387 g/mol. The van der Waals surface area contributed by atoms with Gasteiger partial charge in [0.1, 0.15) is 5.82 Å². The van der Waals surface area contributed by atoms with Crippen molar-refractivity contribution >= 4 is 29.1 Å². The Morgan fingerprint density at radius 1 is 1.31 bits per heavy atom. The molecule has 152 valence electrons. The van der Waals surface area contributed by atoms with Crippen molar-refractivity contribution in [3.05, 3.63) is 70.8 Å². The second-order valence-electron chi connectivity index (χ2n) is 7.83. The summed E-state index contributed by atoms with van der Waals surface area (Å²) in [5.74, 6) is 0.155. The molecule has 2 atom stereocenters. The standard InChI is InChI=1S/C23H25FN2O2S/c1-5-29-20-13-21(26-19-11-10-17(25-4)12-18(19)20)23(2,3)14-28-22(27)15-6-8-16(24)9-7-15/h6-12,20-21,26H,5,13-14H2,1-3H3. The van der Waals surface area contributed by atoms with Gasteiger partial charge in [0.25, 0.3) is 0 Å². The minimum Gasteiger partial charge on any atom is -0.461 e. The normalized spacial score (nSPS) is 18.3. The molecular formula is C23H25FN2O2S. The molecule has 1 N–H and O–H groups in total. The minimum absolute atomic E-state index is 0.110. The number of fused-ring (bicyclic) bond motifs is 1. The van der Waals surface area contributed by atoms with Crippen LogP contribution in [0.4, 0.5) is 15.8 Å². The first-order valence-corrected chi connectivity index (χ1v) is 10.7. The molecule has 4 nitrogen and oxygen atoms in total. The second-order valence-corrected chi connectivity index (χ2v) is 9.31. The van der Waals surface area contributed by atoms with Crippen LogP contribution in [0, 0.1) is 17.8 Å². The van der Waals surface area contributed by atoms with Crippen LogP contribution in [0.1, 0.15) is 48.4 Å². The zero-order valence-corrected chi connectivity index (χ0v) is 17.7. The van der Waals surface area contributed by atoms with Crippen LogP contribution in [-0.2, 0) is 4.74 Å². The van der Waals surface area contributed by atoms with Gasteiger partial charge in [-0.05, 0) is 48.1 Å². The van der Waals surface area contributed by atoms with Gasteiger partial charge < -0.3 is 10.1 Å². The molecule has 0 radical (unpaired) electrons. The summed E-state index contributed by atoms with van der Waals surface area (Å²) in [5, 5.41) is 3.88. The second kappa shape index (κ2) is 8.87. The first kappa shape index (κ1) is 21.2. The third-order valence-electron chi connectivity index (χ3n) is 5.26. The molecule has 0 bridgehead atoms. The van der Waals surface area contributed by atoms with E-state index in [-0.39, 0.29) is 29.1 Å². The van der Waals surface area contributed by atoms with Crippen LogP contribution in [-0.4, -0.2) is 24.4 Å².